The van der Waals surface area contributed by atoms with Gasteiger partial charge in [0.1, 0.15) is 0 Å². The zero-order valence-corrected chi connectivity index (χ0v) is 12.6. The Kier molecular flexibility index (Phi) is 13.3. The van der Waals surface area contributed by atoms with Gasteiger partial charge in [0.2, 0.25) is 0 Å². The molecule has 0 saturated carbocycles. The lowest BCUT2D eigenvalue weighted by Crippen LogP contribution is -2.32. The molecule has 0 radical (unpaired) electrons. The van der Waals surface area contributed by atoms with Crippen LogP contribution in [0.3, 0.4) is 0 Å². The highest BCUT2D eigenvalue weighted by Crippen LogP contribution is 2.01. The summed E-state index contributed by atoms with van der Waals surface area (Å²) >= 11 is 2.46. The Hall–Kier alpha value is 0.650. The lowest BCUT2D eigenvalue weighted by molar-refractivity contribution is 0.302. The summed E-state index contributed by atoms with van der Waals surface area (Å²) in [5.74, 6) is 0. The highest BCUT2D eigenvalue weighted by atomic mass is 127. The molecule has 0 spiro atoms. The highest BCUT2D eigenvalue weighted by Gasteiger charge is 1.96. The average Bonchev–Trinajstić information content (AvgIpc) is 2.27. The van der Waals surface area contributed by atoms with Crippen molar-refractivity contribution in [2.45, 2.75) is 39.5 Å². The summed E-state index contributed by atoms with van der Waals surface area (Å²) in [6, 6.07) is 0. The number of hydrogen-bond acceptors (Lipinski definition) is 2. The van der Waals surface area contributed by atoms with Crippen molar-refractivity contribution >= 4 is 22.6 Å². The van der Waals surface area contributed by atoms with E-state index in [1.165, 1.54) is 56.3 Å². The fraction of sp³-hybridized carbons (Fsp3) is 1.00. The summed E-state index contributed by atoms with van der Waals surface area (Å²) in [6.45, 7) is 10.3. The van der Waals surface area contributed by atoms with Crippen molar-refractivity contribution in [2.24, 2.45) is 0 Å². The Morgan fingerprint density at radius 2 is 1.60 bits per heavy atom. The van der Waals surface area contributed by atoms with Crippen LogP contribution in [0.25, 0.3) is 0 Å². The van der Waals surface area contributed by atoms with Crippen molar-refractivity contribution in [3.05, 3.63) is 0 Å². The van der Waals surface area contributed by atoms with Crippen molar-refractivity contribution in [1.82, 2.24) is 10.2 Å². The van der Waals surface area contributed by atoms with E-state index in [9.17, 15) is 0 Å². The van der Waals surface area contributed by atoms with Crippen LogP contribution in [0.4, 0.5) is 0 Å². The molecule has 0 aliphatic carbocycles. The number of nitrogens with one attached hydrogen (secondary N) is 1. The van der Waals surface area contributed by atoms with E-state index >= 15 is 0 Å². The molecule has 0 saturated heterocycles. The molecule has 3 heteroatoms. The molecule has 15 heavy (non-hydrogen) atoms. The number of rotatable bonds is 11. The fourth-order valence-corrected chi connectivity index (χ4v) is 2.14. The third-order valence-electron chi connectivity index (χ3n) is 2.74. The summed E-state index contributed by atoms with van der Waals surface area (Å²) in [4.78, 5) is 2.46. The van der Waals surface area contributed by atoms with Gasteiger partial charge in [0.25, 0.3) is 0 Å². The second-order valence-electron chi connectivity index (χ2n) is 3.88. The molecule has 0 aromatic carbocycles. The van der Waals surface area contributed by atoms with Gasteiger partial charge in [-0.3, -0.25) is 0 Å². The summed E-state index contributed by atoms with van der Waals surface area (Å²) < 4.78 is 1.31. The fourth-order valence-electron chi connectivity index (χ4n) is 1.60. The minimum absolute atomic E-state index is 1.15. The summed E-state index contributed by atoms with van der Waals surface area (Å²) in [7, 11) is 0. The van der Waals surface area contributed by atoms with E-state index in [0.29, 0.717) is 0 Å². The third-order valence-corrected chi connectivity index (χ3v) is 3.50. The van der Waals surface area contributed by atoms with Gasteiger partial charge in [0, 0.05) is 13.1 Å². The molecule has 0 heterocycles. The van der Waals surface area contributed by atoms with Gasteiger partial charge in [-0.1, -0.05) is 49.3 Å². The molecule has 0 aromatic heterocycles. The van der Waals surface area contributed by atoms with Gasteiger partial charge in [-0.05, 0) is 36.9 Å². The number of alkyl halides is 1. The first-order valence-electron chi connectivity index (χ1n) is 6.34. The number of unbranched alkanes of at least 4 members (excludes halogenated alkanes) is 3. The molecule has 92 valence electrons. The number of nitrogens with zero attached hydrogens (tertiary/aromatic N) is 1. The van der Waals surface area contributed by atoms with Crippen LogP contribution in [0.15, 0.2) is 0 Å². The minimum Gasteiger partial charge on any atom is -0.315 e. The molecule has 0 atom stereocenters. The van der Waals surface area contributed by atoms with Gasteiger partial charge in [-0.25, -0.2) is 0 Å². The van der Waals surface area contributed by atoms with Crippen LogP contribution in [0, 0.1) is 0 Å². The second-order valence-corrected chi connectivity index (χ2v) is 4.96. The quantitative estimate of drug-likeness (QED) is 0.357. The lowest BCUT2D eigenvalue weighted by atomic mass is 10.2. The molecule has 0 aliphatic heterocycles. The summed E-state index contributed by atoms with van der Waals surface area (Å²) in [5.41, 5.74) is 0. The van der Waals surface area contributed by atoms with Crippen LogP contribution in [0.2, 0.25) is 0 Å². The molecular formula is C12H27IN2. The van der Waals surface area contributed by atoms with Gasteiger partial charge < -0.3 is 10.2 Å². The van der Waals surface area contributed by atoms with Crippen molar-refractivity contribution in [2.75, 3.05) is 37.2 Å². The maximum Gasteiger partial charge on any atom is 0.0107 e. The Labute approximate surface area is 109 Å². The van der Waals surface area contributed by atoms with E-state index in [1.54, 1.807) is 0 Å². The topological polar surface area (TPSA) is 15.3 Å². The molecule has 0 rings (SSSR count). The predicted molar refractivity (Wildman–Crippen MR) is 78.0 cm³/mol. The molecule has 0 unspecified atom stereocenters. The molecule has 2 nitrogen and oxygen atoms in total. The van der Waals surface area contributed by atoms with Crippen LogP contribution in [-0.4, -0.2) is 42.1 Å². The lowest BCUT2D eigenvalue weighted by Gasteiger charge is -2.17. The number of halogens is 1. The maximum absolute atomic E-state index is 3.52. The Balaban J connectivity index is 3.04. The van der Waals surface area contributed by atoms with Gasteiger partial charge in [-0.15, -0.1) is 0 Å². The molecular weight excluding hydrogens is 299 g/mol. The predicted octanol–water partition coefficient (Wildman–Crippen LogP) is 2.91. The summed E-state index contributed by atoms with van der Waals surface area (Å²) in [5, 5.41) is 3.52. The van der Waals surface area contributed by atoms with Crippen molar-refractivity contribution in [3.63, 3.8) is 0 Å². The maximum atomic E-state index is 3.52. The SMILES string of the molecule is CCN(CC)CCNCCCCCCI. The smallest absolute Gasteiger partial charge is 0.0107 e. The second kappa shape index (κ2) is 12.7. The van der Waals surface area contributed by atoms with Crippen LogP contribution < -0.4 is 5.32 Å². The molecule has 1 N–H and O–H groups in total. The van der Waals surface area contributed by atoms with E-state index < -0.39 is 0 Å². The number of likely N-dealkylation sites (N-methyl/N-ethyl adjacent to an activating group) is 1. The zero-order valence-electron chi connectivity index (χ0n) is 10.4. The highest BCUT2D eigenvalue weighted by molar-refractivity contribution is 14.1. The van der Waals surface area contributed by atoms with Gasteiger partial charge in [-0.2, -0.15) is 0 Å². The largest absolute Gasteiger partial charge is 0.315 e. The Bertz CT molecular complexity index is 116. The van der Waals surface area contributed by atoms with E-state index in [-0.39, 0.29) is 0 Å². The first kappa shape index (κ1) is 15.7. The van der Waals surface area contributed by atoms with Crippen molar-refractivity contribution in [3.8, 4) is 0 Å². The Morgan fingerprint density at radius 1 is 0.933 bits per heavy atom. The molecule has 0 bridgehead atoms. The molecule has 0 aromatic rings. The van der Waals surface area contributed by atoms with E-state index in [4.69, 9.17) is 0 Å². The van der Waals surface area contributed by atoms with Crippen molar-refractivity contribution in [1.29, 1.82) is 0 Å². The van der Waals surface area contributed by atoms with E-state index in [1.807, 2.05) is 0 Å². The Morgan fingerprint density at radius 3 is 2.20 bits per heavy atom. The van der Waals surface area contributed by atoms with Gasteiger partial charge in [0.05, 0.1) is 0 Å². The third kappa shape index (κ3) is 10.9. The minimum atomic E-state index is 1.15. The standard InChI is InChI=1S/C12H27IN2/c1-3-15(4-2)12-11-14-10-8-6-5-7-9-13/h14H,3-12H2,1-2H3. The van der Waals surface area contributed by atoms with E-state index in [0.717, 1.165) is 6.54 Å². The normalized spacial score (nSPS) is 11.2. The monoisotopic (exact) mass is 326 g/mol. The van der Waals surface area contributed by atoms with Crippen LogP contribution >= 0.6 is 22.6 Å². The summed E-state index contributed by atoms with van der Waals surface area (Å²) in [6.07, 6.45) is 5.52. The molecule has 0 fully saturated rings. The van der Waals surface area contributed by atoms with Crippen LogP contribution in [0.1, 0.15) is 39.5 Å². The van der Waals surface area contributed by atoms with Crippen molar-refractivity contribution < 1.29 is 0 Å². The molecule has 0 aliphatic rings. The van der Waals surface area contributed by atoms with Crippen LogP contribution in [-0.2, 0) is 0 Å². The van der Waals surface area contributed by atoms with Gasteiger partial charge >= 0.3 is 0 Å². The zero-order chi connectivity index (χ0) is 11.4. The first-order chi connectivity index (χ1) is 7.35. The number of hydrogen-bond donors (Lipinski definition) is 1. The van der Waals surface area contributed by atoms with Crippen LogP contribution in [0.5, 0.6) is 0 Å². The molecule has 0 amide bonds. The van der Waals surface area contributed by atoms with Gasteiger partial charge in [0.15, 0.2) is 0 Å². The first-order valence-corrected chi connectivity index (χ1v) is 7.86. The average molecular weight is 326 g/mol. The van der Waals surface area contributed by atoms with E-state index in [2.05, 4.69) is 46.7 Å².